The predicted octanol–water partition coefficient (Wildman–Crippen LogP) is 3.40. The van der Waals surface area contributed by atoms with Crippen LogP contribution in [0.2, 0.25) is 0 Å². The van der Waals surface area contributed by atoms with Crippen LogP contribution in [-0.4, -0.2) is 0 Å². The largest absolute Gasteiger partial charge is 0.399 e. The molecule has 0 atom stereocenters. The van der Waals surface area contributed by atoms with Crippen molar-refractivity contribution in [3.8, 4) is 12.3 Å². The maximum absolute atomic E-state index is 5.72. The average molecular weight is 225 g/mol. The van der Waals surface area contributed by atoms with Crippen molar-refractivity contribution in [2.45, 2.75) is 9.79 Å². The predicted molar refractivity (Wildman–Crippen MR) is 69.4 cm³/mol. The van der Waals surface area contributed by atoms with E-state index in [2.05, 4.69) is 5.92 Å². The molecule has 2 N–H and O–H groups in total. The summed E-state index contributed by atoms with van der Waals surface area (Å²) in [6, 6.07) is 15.7. The monoisotopic (exact) mass is 225 g/mol. The van der Waals surface area contributed by atoms with E-state index in [1.165, 1.54) is 0 Å². The molecule has 2 aromatic rings. The van der Waals surface area contributed by atoms with E-state index >= 15 is 0 Å². The van der Waals surface area contributed by atoms with Gasteiger partial charge in [0.1, 0.15) is 0 Å². The number of benzene rings is 2. The second-order valence-corrected chi connectivity index (χ2v) is 4.49. The van der Waals surface area contributed by atoms with Crippen LogP contribution in [0.25, 0.3) is 0 Å². The third-order valence-electron chi connectivity index (χ3n) is 2.09. The Kier molecular flexibility index (Phi) is 3.19. The second kappa shape index (κ2) is 4.78. The molecule has 0 unspecified atom stereocenters. The first-order chi connectivity index (χ1) is 7.78. The minimum Gasteiger partial charge on any atom is -0.399 e. The van der Waals surface area contributed by atoms with Gasteiger partial charge in [0, 0.05) is 21.0 Å². The molecule has 2 heteroatoms. The summed E-state index contributed by atoms with van der Waals surface area (Å²) in [5.41, 5.74) is 7.40. The van der Waals surface area contributed by atoms with Gasteiger partial charge < -0.3 is 5.73 Å². The number of anilines is 1. The van der Waals surface area contributed by atoms with Crippen LogP contribution in [0.3, 0.4) is 0 Å². The van der Waals surface area contributed by atoms with Gasteiger partial charge in [-0.05, 0) is 36.4 Å². The van der Waals surface area contributed by atoms with E-state index in [1.807, 2.05) is 48.5 Å². The molecule has 0 aliphatic heterocycles. The zero-order valence-corrected chi connectivity index (χ0v) is 9.50. The standard InChI is InChI=1S/C14H11NS/c1-2-11-5-3-7-13(9-11)16-14-8-4-6-12(15)10-14/h1,3-10H,15H2. The second-order valence-electron chi connectivity index (χ2n) is 3.35. The van der Waals surface area contributed by atoms with E-state index in [9.17, 15) is 0 Å². The van der Waals surface area contributed by atoms with Crippen LogP contribution in [0.1, 0.15) is 5.56 Å². The molecule has 0 aromatic heterocycles. The lowest BCUT2D eigenvalue weighted by molar-refractivity contribution is 1.40. The van der Waals surface area contributed by atoms with Crippen molar-refractivity contribution < 1.29 is 0 Å². The fourth-order valence-corrected chi connectivity index (χ4v) is 2.31. The molecule has 0 heterocycles. The Morgan fingerprint density at radius 3 is 2.38 bits per heavy atom. The van der Waals surface area contributed by atoms with Gasteiger partial charge >= 0.3 is 0 Å². The van der Waals surface area contributed by atoms with Crippen molar-refractivity contribution in [1.82, 2.24) is 0 Å². The van der Waals surface area contributed by atoms with Gasteiger partial charge in [-0.2, -0.15) is 0 Å². The Balaban J connectivity index is 2.24. The van der Waals surface area contributed by atoms with E-state index in [-0.39, 0.29) is 0 Å². The summed E-state index contributed by atoms with van der Waals surface area (Å²) in [6.45, 7) is 0. The van der Waals surface area contributed by atoms with Crippen LogP contribution in [0.4, 0.5) is 5.69 Å². The number of hydrogen-bond donors (Lipinski definition) is 1. The number of rotatable bonds is 2. The Hall–Kier alpha value is -1.85. The van der Waals surface area contributed by atoms with E-state index in [1.54, 1.807) is 11.8 Å². The van der Waals surface area contributed by atoms with E-state index < -0.39 is 0 Å². The number of hydrogen-bond acceptors (Lipinski definition) is 2. The molecule has 78 valence electrons. The van der Waals surface area contributed by atoms with Gasteiger partial charge in [-0.1, -0.05) is 29.8 Å². The average Bonchev–Trinajstić information content (AvgIpc) is 2.29. The van der Waals surface area contributed by atoms with E-state index in [0.29, 0.717) is 0 Å². The van der Waals surface area contributed by atoms with Crippen molar-refractivity contribution in [1.29, 1.82) is 0 Å². The quantitative estimate of drug-likeness (QED) is 0.626. The molecular formula is C14H11NS. The zero-order valence-electron chi connectivity index (χ0n) is 8.68. The van der Waals surface area contributed by atoms with Crippen molar-refractivity contribution in [2.75, 3.05) is 5.73 Å². The first-order valence-corrected chi connectivity index (χ1v) is 5.69. The van der Waals surface area contributed by atoms with E-state index in [0.717, 1.165) is 21.0 Å². The summed E-state index contributed by atoms with van der Waals surface area (Å²) < 4.78 is 0. The molecule has 2 rings (SSSR count). The molecule has 0 bridgehead atoms. The molecule has 2 aromatic carbocycles. The number of terminal acetylenes is 1. The molecule has 0 aliphatic carbocycles. The Morgan fingerprint density at radius 1 is 1.00 bits per heavy atom. The van der Waals surface area contributed by atoms with Crippen LogP contribution >= 0.6 is 11.8 Å². The molecule has 0 radical (unpaired) electrons. The molecule has 0 spiro atoms. The van der Waals surface area contributed by atoms with Gasteiger partial charge in [0.25, 0.3) is 0 Å². The normalized spacial score (nSPS) is 9.69. The summed E-state index contributed by atoms with van der Waals surface area (Å²) >= 11 is 1.66. The Labute approximate surface area is 99.7 Å². The van der Waals surface area contributed by atoms with Crippen molar-refractivity contribution >= 4 is 17.4 Å². The Morgan fingerprint density at radius 2 is 1.69 bits per heavy atom. The van der Waals surface area contributed by atoms with Crippen molar-refractivity contribution in [3.63, 3.8) is 0 Å². The molecule has 1 nitrogen and oxygen atoms in total. The fraction of sp³-hybridized carbons (Fsp3) is 0. The third kappa shape index (κ3) is 2.59. The molecule has 0 saturated carbocycles. The van der Waals surface area contributed by atoms with Crippen LogP contribution < -0.4 is 5.73 Å². The van der Waals surface area contributed by atoms with Gasteiger partial charge in [0.15, 0.2) is 0 Å². The highest BCUT2D eigenvalue weighted by Gasteiger charge is 1.98. The summed E-state index contributed by atoms with van der Waals surface area (Å²) in [6.07, 6.45) is 5.36. The smallest absolute Gasteiger partial charge is 0.0325 e. The maximum Gasteiger partial charge on any atom is 0.0325 e. The molecule has 0 aliphatic rings. The topological polar surface area (TPSA) is 26.0 Å². The molecule has 16 heavy (non-hydrogen) atoms. The molecule has 0 saturated heterocycles. The highest BCUT2D eigenvalue weighted by atomic mass is 32.2. The zero-order chi connectivity index (χ0) is 11.4. The van der Waals surface area contributed by atoms with Crippen LogP contribution in [-0.2, 0) is 0 Å². The highest BCUT2D eigenvalue weighted by Crippen LogP contribution is 2.28. The summed E-state index contributed by atoms with van der Waals surface area (Å²) in [7, 11) is 0. The van der Waals surface area contributed by atoms with Crippen LogP contribution in [0, 0.1) is 12.3 Å². The first kappa shape index (κ1) is 10.7. The lowest BCUT2D eigenvalue weighted by Crippen LogP contribution is -1.83. The SMILES string of the molecule is C#Cc1cccc(Sc2cccc(N)c2)c1. The van der Waals surface area contributed by atoms with Crippen molar-refractivity contribution in [3.05, 3.63) is 54.1 Å². The van der Waals surface area contributed by atoms with Gasteiger partial charge in [-0.25, -0.2) is 0 Å². The molecule has 0 amide bonds. The maximum atomic E-state index is 5.72. The molecular weight excluding hydrogens is 214 g/mol. The van der Waals surface area contributed by atoms with Crippen molar-refractivity contribution in [2.24, 2.45) is 0 Å². The van der Waals surface area contributed by atoms with Gasteiger partial charge in [-0.3, -0.25) is 0 Å². The van der Waals surface area contributed by atoms with Crippen LogP contribution in [0.15, 0.2) is 58.3 Å². The van der Waals surface area contributed by atoms with Gasteiger partial charge in [0.05, 0.1) is 0 Å². The number of nitrogens with two attached hydrogens (primary N) is 1. The molecule has 0 fully saturated rings. The number of nitrogen functional groups attached to an aromatic ring is 1. The highest BCUT2D eigenvalue weighted by molar-refractivity contribution is 7.99. The Bertz CT molecular complexity index is 540. The fourth-order valence-electron chi connectivity index (χ4n) is 1.36. The lowest BCUT2D eigenvalue weighted by Gasteiger charge is -2.03. The third-order valence-corrected chi connectivity index (χ3v) is 3.07. The van der Waals surface area contributed by atoms with E-state index in [4.69, 9.17) is 12.2 Å². The lowest BCUT2D eigenvalue weighted by atomic mass is 10.2. The summed E-state index contributed by atoms with van der Waals surface area (Å²) in [5.74, 6) is 2.63. The van der Waals surface area contributed by atoms with Gasteiger partial charge in [0.2, 0.25) is 0 Å². The summed E-state index contributed by atoms with van der Waals surface area (Å²) in [4.78, 5) is 2.25. The minimum atomic E-state index is 0.776. The summed E-state index contributed by atoms with van der Waals surface area (Å²) in [5, 5.41) is 0. The minimum absolute atomic E-state index is 0.776. The van der Waals surface area contributed by atoms with Crippen LogP contribution in [0.5, 0.6) is 0 Å². The first-order valence-electron chi connectivity index (χ1n) is 4.88. The van der Waals surface area contributed by atoms with Gasteiger partial charge in [-0.15, -0.1) is 6.42 Å².